The fraction of sp³-hybridized carbons (Fsp3) is 0.364. The van der Waals surface area contributed by atoms with Gasteiger partial charge in [0.05, 0.1) is 12.1 Å². The van der Waals surface area contributed by atoms with E-state index < -0.39 is 12.0 Å². The molecular weight excluding hydrogens is 440 g/mol. The number of ether oxygens (including phenoxy) is 2. The van der Waals surface area contributed by atoms with Gasteiger partial charge in [-0.2, -0.15) is 11.8 Å². The molecule has 168 valence electrons. The van der Waals surface area contributed by atoms with Gasteiger partial charge < -0.3 is 25.2 Å². The van der Waals surface area contributed by atoms with Crippen LogP contribution in [0, 0.1) is 6.92 Å². The van der Waals surface area contributed by atoms with E-state index >= 15 is 0 Å². The second-order valence-corrected chi connectivity index (χ2v) is 8.26. The number of amides is 1. The van der Waals surface area contributed by atoms with Crippen LogP contribution in [0.3, 0.4) is 0 Å². The van der Waals surface area contributed by atoms with Crippen LogP contribution in [-0.4, -0.2) is 48.8 Å². The maximum absolute atomic E-state index is 12.2. The molecule has 3 N–H and O–H groups in total. The molecule has 2 rings (SSSR count). The highest BCUT2D eigenvalue weighted by molar-refractivity contribution is 7.98. The minimum absolute atomic E-state index is 0.239. The van der Waals surface area contributed by atoms with E-state index in [1.54, 1.807) is 23.9 Å². The fourth-order valence-corrected chi connectivity index (χ4v) is 3.54. The van der Waals surface area contributed by atoms with Crippen molar-refractivity contribution in [3.8, 4) is 11.5 Å². The van der Waals surface area contributed by atoms with Crippen LogP contribution < -0.4 is 20.1 Å². The van der Waals surface area contributed by atoms with Gasteiger partial charge in [-0.05, 0) is 55.2 Å². The van der Waals surface area contributed by atoms with E-state index in [2.05, 4.69) is 10.6 Å². The quantitative estimate of drug-likeness (QED) is 0.435. The van der Waals surface area contributed by atoms with Crippen molar-refractivity contribution in [2.75, 3.05) is 31.0 Å². The Morgan fingerprint density at radius 3 is 2.55 bits per heavy atom. The topological polar surface area (TPSA) is 96.9 Å². The Hall–Kier alpha value is -2.42. The summed E-state index contributed by atoms with van der Waals surface area (Å²) in [5, 5.41) is 15.4. The molecule has 0 aliphatic rings. The van der Waals surface area contributed by atoms with Gasteiger partial charge in [-0.15, -0.1) is 0 Å². The lowest BCUT2D eigenvalue weighted by molar-refractivity contribution is -0.139. The van der Waals surface area contributed by atoms with E-state index in [4.69, 9.17) is 21.1 Å². The number of aliphatic carboxylic acids is 1. The fourth-order valence-electron chi connectivity index (χ4n) is 2.78. The maximum atomic E-state index is 12.2. The van der Waals surface area contributed by atoms with Gasteiger partial charge in [-0.3, -0.25) is 9.59 Å². The van der Waals surface area contributed by atoms with Gasteiger partial charge in [0.25, 0.3) is 5.91 Å². The van der Waals surface area contributed by atoms with Crippen LogP contribution in [-0.2, 0) is 16.1 Å². The van der Waals surface area contributed by atoms with Crippen LogP contribution in [0.2, 0.25) is 5.02 Å². The molecule has 0 bridgehead atoms. The molecule has 31 heavy (non-hydrogen) atoms. The van der Waals surface area contributed by atoms with Crippen LogP contribution >= 0.6 is 23.4 Å². The van der Waals surface area contributed by atoms with Gasteiger partial charge in [0.2, 0.25) is 0 Å². The number of halogens is 1. The molecule has 0 spiro atoms. The number of aryl methyl sites for hydroxylation is 1. The summed E-state index contributed by atoms with van der Waals surface area (Å²) in [5.41, 5.74) is 2.51. The lowest BCUT2D eigenvalue weighted by atomic mass is 10.1. The van der Waals surface area contributed by atoms with Crippen LogP contribution in [0.1, 0.15) is 17.5 Å². The molecule has 2 aromatic rings. The second-order valence-electron chi connectivity index (χ2n) is 6.87. The number of hydrogen-bond donors (Lipinski definition) is 3. The standard InChI is InChI=1S/C22H27ClN2O5S/c1-14-4-6-16(7-5-14)25-20(26)13-30-21-17(23)10-15(11-19(21)29-2)12-24-18(22(27)28)8-9-31-3/h4-7,10-11,18,24H,8-9,12-13H2,1-3H3,(H,25,26)(H,27,28). The zero-order valence-corrected chi connectivity index (χ0v) is 19.3. The van der Waals surface area contributed by atoms with Crippen LogP contribution in [0.4, 0.5) is 5.69 Å². The van der Waals surface area contributed by atoms with E-state index in [9.17, 15) is 14.7 Å². The third kappa shape index (κ3) is 7.97. The molecule has 1 atom stereocenters. The van der Waals surface area contributed by atoms with E-state index in [1.165, 1.54) is 7.11 Å². The molecule has 0 fully saturated rings. The molecule has 0 aromatic heterocycles. The van der Waals surface area contributed by atoms with Crippen LogP contribution in [0.15, 0.2) is 36.4 Å². The van der Waals surface area contributed by atoms with Crippen LogP contribution in [0.25, 0.3) is 0 Å². The summed E-state index contributed by atoms with van der Waals surface area (Å²) in [4.78, 5) is 23.6. The molecule has 1 amide bonds. The largest absolute Gasteiger partial charge is 0.493 e. The number of carboxylic acids is 1. The third-order valence-electron chi connectivity index (χ3n) is 4.43. The average Bonchev–Trinajstić information content (AvgIpc) is 2.74. The van der Waals surface area contributed by atoms with Crippen molar-refractivity contribution in [3.05, 3.63) is 52.5 Å². The summed E-state index contributed by atoms with van der Waals surface area (Å²) in [6, 6.07) is 10.1. The molecule has 0 saturated heterocycles. The first-order valence-electron chi connectivity index (χ1n) is 9.65. The molecule has 0 aliphatic heterocycles. The molecular formula is C22H27ClN2O5S. The minimum Gasteiger partial charge on any atom is -0.493 e. The van der Waals surface area contributed by atoms with E-state index in [0.717, 1.165) is 16.9 Å². The lowest BCUT2D eigenvalue weighted by Crippen LogP contribution is -2.36. The highest BCUT2D eigenvalue weighted by Gasteiger charge is 2.18. The summed E-state index contributed by atoms with van der Waals surface area (Å²) >= 11 is 7.95. The van der Waals surface area contributed by atoms with E-state index in [1.807, 2.05) is 37.4 Å². The smallest absolute Gasteiger partial charge is 0.320 e. The van der Waals surface area contributed by atoms with Gasteiger partial charge in [-0.1, -0.05) is 29.3 Å². The van der Waals surface area contributed by atoms with E-state index in [-0.39, 0.29) is 23.3 Å². The molecule has 0 saturated carbocycles. The summed E-state index contributed by atoms with van der Waals surface area (Å²) < 4.78 is 11.0. The number of thioether (sulfide) groups is 1. The number of rotatable bonds is 12. The Labute approximate surface area is 191 Å². The Morgan fingerprint density at radius 2 is 1.94 bits per heavy atom. The van der Waals surface area contributed by atoms with Crippen LogP contribution in [0.5, 0.6) is 11.5 Å². The lowest BCUT2D eigenvalue weighted by Gasteiger charge is -2.17. The maximum Gasteiger partial charge on any atom is 0.320 e. The number of carbonyl (C=O) groups excluding carboxylic acids is 1. The summed E-state index contributed by atoms with van der Waals surface area (Å²) in [5.74, 6) is 0.135. The molecule has 0 heterocycles. The molecule has 1 unspecified atom stereocenters. The first-order valence-corrected chi connectivity index (χ1v) is 11.4. The average molecular weight is 467 g/mol. The minimum atomic E-state index is -0.897. The number of anilines is 1. The summed E-state index contributed by atoms with van der Waals surface area (Å²) in [7, 11) is 1.47. The Bertz CT molecular complexity index is 892. The van der Waals surface area contributed by atoms with Crippen molar-refractivity contribution in [2.24, 2.45) is 0 Å². The number of carboxylic acid groups (broad SMARTS) is 1. The third-order valence-corrected chi connectivity index (χ3v) is 5.36. The second kappa shape index (κ2) is 12.4. The molecule has 0 aliphatic carbocycles. The highest BCUT2D eigenvalue weighted by atomic mass is 35.5. The number of hydrogen-bond acceptors (Lipinski definition) is 6. The number of carbonyl (C=O) groups is 2. The first-order chi connectivity index (χ1) is 14.8. The van der Waals surface area contributed by atoms with Crippen molar-refractivity contribution >= 4 is 40.9 Å². The zero-order chi connectivity index (χ0) is 22.8. The number of benzene rings is 2. The monoisotopic (exact) mass is 466 g/mol. The van der Waals surface area contributed by atoms with Gasteiger partial charge in [0.1, 0.15) is 6.04 Å². The Balaban J connectivity index is 2.00. The van der Waals surface area contributed by atoms with Gasteiger partial charge in [0.15, 0.2) is 18.1 Å². The van der Waals surface area contributed by atoms with Crippen molar-refractivity contribution in [1.29, 1.82) is 0 Å². The van der Waals surface area contributed by atoms with Crippen molar-refractivity contribution in [1.82, 2.24) is 5.32 Å². The molecule has 7 nitrogen and oxygen atoms in total. The van der Waals surface area contributed by atoms with Crippen molar-refractivity contribution < 1.29 is 24.2 Å². The highest BCUT2D eigenvalue weighted by Crippen LogP contribution is 2.36. The van der Waals surface area contributed by atoms with Gasteiger partial charge in [0, 0.05) is 12.2 Å². The Kier molecular flexibility index (Phi) is 9.97. The molecule has 9 heteroatoms. The first kappa shape index (κ1) is 24.8. The number of nitrogens with one attached hydrogen (secondary N) is 2. The van der Waals surface area contributed by atoms with E-state index in [0.29, 0.717) is 24.4 Å². The predicted molar refractivity (Wildman–Crippen MR) is 125 cm³/mol. The number of methoxy groups -OCH3 is 1. The molecule has 0 radical (unpaired) electrons. The summed E-state index contributed by atoms with van der Waals surface area (Å²) in [6.45, 7) is 2.03. The van der Waals surface area contributed by atoms with Gasteiger partial charge in [-0.25, -0.2) is 0 Å². The summed E-state index contributed by atoms with van der Waals surface area (Å²) in [6.07, 6.45) is 2.45. The Morgan fingerprint density at radius 1 is 1.23 bits per heavy atom. The SMILES string of the molecule is COc1cc(CNC(CCSC)C(=O)O)cc(Cl)c1OCC(=O)Nc1ccc(C)cc1. The molecule has 2 aromatic carbocycles. The predicted octanol–water partition coefficient (Wildman–Crippen LogP) is 3.97. The van der Waals surface area contributed by atoms with Crippen molar-refractivity contribution in [2.45, 2.75) is 25.9 Å². The van der Waals surface area contributed by atoms with Crippen molar-refractivity contribution in [3.63, 3.8) is 0 Å². The normalized spacial score (nSPS) is 11.6. The van der Waals surface area contributed by atoms with Gasteiger partial charge >= 0.3 is 5.97 Å². The zero-order valence-electron chi connectivity index (χ0n) is 17.7.